The van der Waals surface area contributed by atoms with Crippen LogP contribution in [0.3, 0.4) is 0 Å². The predicted octanol–water partition coefficient (Wildman–Crippen LogP) is 2.77. The first-order valence-corrected chi connectivity index (χ1v) is 8.88. The number of aromatic nitrogens is 1. The van der Waals surface area contributed by atoms with Crippen molar-refractivity contribution in [2.24, 2.45) is 0 Å². The number of benzene rings is 1. The zero-order chi connectivity index (χ0) is 16.1. The Morgan fingerprint density at radius 3 is 2.91 bits per heavy atom. The number of morpholine rings is 1. The quantitative estimate of drug-likeness (QED) is 0.758. The van der Waals surface area contributed by atoms with Gasteiger partial charge in [-0.1, -0.05) is 15.9 Å². The number of nitrogens with one attached hydrogen (secondary N) is 2. The zero-order valence-electron chi connectivity index (χ0n) is 13.1. The van der Waals surface area contributed by atoms with Crippen LogP contribution >= 0.6 is 15.9 Å². The van der Waals surface area contributed by atoms with Gasteiger partial charge in [-0.15, -0.1) is 0 Å². The van der Waals surface area contributed by atoms with Gasteiger partial charge in [0.05, 0.1) is 13.2 Å². The fourth-order valence-corrected chi connectivity index (χ4v) is 3.19. The number of nitrogens with zero attached hydrogens (tertiary/aromatic N) is 1. The van der Waals surface area contributed by atoms with Gasteiger partial charge < -0.3 is 15.0 Å². The Morgan fingerprint density at radius 2 is 2.09 bits per heavy atom. The third kappa shape index (κ3) is 4.56. The van der Waals surface area contributed by atoms with Crippen LogP contribution in [-0.2, 0) is 4.74 Å². The largest absolute Gasteiger partial charge is 0.379 e. The molecule has 2 aromatic rings. The van der Waals surface area contributed by atoms with Gasteiger partial charge in [0.15, 0.2) is 0 Å². The second-order valence-electron chi connectivity index (χ2n) is 5.83. The summed E-state index contributed by atoms with van der Waals surface area (Å²) in [5, 5.41) is 4.03. The smallest absolute Gasteiger partial charge is 0.267 e. The number of fused-ring (bicyclic) bond motifs is 1. The molecule has 1 aliphatic heterocycles. The molecule has 6 heteroatoms. The number of aromatic amines is 1. The number of unbranched alkanes of at least 4 members (excludes halogenated alkanes) is 1. The third-order valence-corrected chi connectivity index (χ3v) is 4.61. The molecule has 23 heavy (non-hydrogen) atoms. The molecule has 0 unspecified atom stereocenters. The van der Waals surface area contributed by atoms with Crippen molar-refractivity contribution in [2.45, 2.75) is 12.8 Å². The van der Waals surface area contributed by atoms with Crippen LogP contribution in [0.2, 0.25) is 0 Å². The van der Waals surface area contributed by atoms with Crippen LogP contribution < -0.4 is 5.32 Å². The second-order valence-corrected chi connectivity index (χ2v) is 6.75. The van der Waals surface area contributed by atoms with E-state index < -0.39 is 0 Å². The molecule has 1 aliphatic rings. The predicted molar refractivity (Wildman–Crippen MR) is 94.8 cm³/mol. The molecule has 0 spiro atoms. The molecule has 2 heterocycles. The fourth-order valence-electron chi connectivity index (χ4n) is 2.81. The van der Waals surface area contributed by atoms with Crippen LogP contribution in [-0.4, -0.2) is 55.2 Å². The van der Waals surface area contributed by atoms with E-state index in [1.807, 2.05) is 24.3 Å². The summed E-state index contributed by atoms with van der Waals surface area (Å²) in [5.74, 6) is -0.0382. The lowest BCUT2D eigenvalue weighted by Crippen LogP contribution is -2.37. The zero-order valence-corrected chi connectivity index (χ0v) is 14.7. The van der Waals surface area contributed by atoms with Crippen molar-refractivity contribution < 1.29 is 9.53 Å². The number of ether oxygens (including phenoxy) is 1. The maximum atomic E-state index is 12.2. The Labute approximate surface area is 144 Å². The first-order chi connectivity index (χ1) is 11.2. The highest BCUT2D eigenvalue weighted by Gasteiger charge is 2.11. The van der Waals surface area contributed by atoms with Crippen molar-refractivity contribution in [1.82, 2.24) is 15.2 Å². The molecule has 5 nitrogen and oxygen atoms in total. The number of carbonyl (C=O) groups excluding carboxylic acids is 1. The average Bonchev–Trinajstić information content (AvgIpc) is 2.98. The second kappa shape index (κ2) is 7.95. The molecule has 0 atom stereocenters. The standard InChI is InChI=1S/C17H22BrN3O2/c18-14-3-4-15-13(11-14)12-16(20-15)17(22)19-5-1-2-6-21-7-9-23-10-8-21/h3-4,11-12,20H,1-2,5-10H2,(H,19,22). The van der Waals surface area contributed by atoms with Crippen LogP contribution in [0.15, 0.2) is 28.7 Å². The van der Waals surface area contributed by atoms with E-state index in [1.165, 1.54) is 0 Å². The molecule has 3 rings (SSSR count). The highest BCUT2D eigenvalue weighted by molar-refractivity contribution is 9.10. The van der Waals surface area contributed by atoms with Gasteiger partial charge in [0.1, 0.15) is 5.69 Å². The van der Waals surface area contributed by atoms with Crippen molar-refractivity contribution in [1.29, 1.82) is 0 Å². The van der Waals surface area contributed by atoms with Gasteiger partial charge in [-0.2, -0.15) is 0 Å². The van der Waals surface area contributed by atoms with Crippen LogP contribution in [0.1, 0.15) is 23.3 Å². The summed E-state index contributed by atoms with van der Waals surface area (Å²) in [6.45, 7) is 5.52. The fraction of sp³-hybridized carbons (Fsp3) is 0.471. The SMILES string of the molecule is O=C(NCCCCN1CCOCC1)c1cc2cc(Br)ccc2[nH]1. The van der Waals surface area contributed by atoms with Gasteiger partial charge in [0.2, 0.25) is 0 Å². The lowest BCUT2D eigenvalue weighted by atomic mass is 10.2. The number of rotatable bonds is 6. The van der Waals surface area contributed by atoms with E-state index in [0.717, 1.165) is 61.1 Å². The highest BCUT2D eigenvalue weighted by atomic mass is 79.9. The molecule has 1 aromatic heterocycles. The normalized spacial score (nSPS) is 15.9. The van der Waals surface area contributed by atoms with Gasteiger partial charge >= 0.3 is 0 Å². The van der Waals surface area contributed by atoms with Gasteiger partial charge in [-0.25, -0.2) is 0 Å². The van der Waals surface area contributed by atoms with Crippen molar-refractivity contribution in [3.8, 4) is 0 Å². The van der Waals surface area contributed by atoms with E-state index in [1.54, 1.807) is 0 Å². The Kier molecular flexibility index (Phi) is 5.70. The summed E-state index contributed by atoms with van der Waals surface area (Å²) in [7, 11) is 0. The minimum absolute atomic E-state index is 0.0382. The third-order valence-electron chi connectivity index (χ3n) is 4.12. The van der Waals surface area contributed by atoms with Crippen LogP contribution in [0.5, 0.6) is 0 Å². The molecule has 1 amide bonds. The summed E-state index contributed by atoms with van der Waals surface area (Å²) >= 11 is 3.44. The molecule has 0 saturated carbocycles. The molecular weight excluding hydrogens is 358 g/mol. The topological polar surface area (TPSA) is 57.4 Å². The van der Waals surface area contributed by atoms with E-state index in [9.17, 15) is 4.79 Å². The van der Waals surface area contributed by atoms with Gasteiger partial charge in [0.25, 0.3) is 5.91 Å². The molecule has 0 aliphatic carbocycles. The van der Waals surface area contributed by atoms with Gasteiger partial charge in [0, 0.05) is 35.0 Å². The molecule has 1 aromatic carbocycles. The van der Waals surface area contributed by atoms with E-state index in [0.29, 0.717) is 12.2 Å². The number of carbonyl (C=O) groups is 1. The van der Waals surface area contributed by atoms with Gasteiger partial charge in [-0.3, -0.25) is 9.69 Å². The molecule has 1 saturated heterocycles. The van der Waals surface area contributed by atoms with Crippen molar-refractivity contribution in [3.63, 3.8) is 0 Å². The average molecular weight is 380 g/mol. The number of halogens is 1. The number of H-pyrrole nitrogens is 1. The lowest BCUT2D eigenvalue weighted by molar-refractivity contribution is 0.0372. The summed E-state index contributed by atoms with van der Waals surface area (Å²) in [5.41, 5.74) is 1.59. The first kappa shape index (κ1) is 16.5. The molecule has 2 N–H and O–H groups in total. The Morgan fingerprint density at radius 1 is 1.26 bits per heavy atom. The maximum absolute atomic E-state index is 12.2. The molecule has 124 valence electrons. The Hall–Kier alpha value is -1.37. The van der Waals surface area contributed by atoms with Crippen molar-refractivity contribution in [3.05, 3.63) is 34.4 Å². The minimum atomic E-state index is -0.0382. The van der Waals surface area contributed by atoms with Crippen LogP contribution in [0.4, 0.5) is 0 Å². The van der Waals surface area contributed by atoms with E-state index in [2.05, 4.69) is 31.1 Å². The van der Waals surface area contributed by atoms with Crippen LogP contribution in [0, 0.1) is 0 Å². The summed E-state index contributed by atoms with van der Waals surface area (Å²) in [4.78, 5) is 17.8. The lowest BCUT2D eigenvalue weighted by Gasteiger charge is -2.26. The summed E-state index contributed by atoms with van der Waals surface area (Å²) < 4.78 is 6.35. The number of amides is 1. The molecule has 1 fully saturated rings. The monoisotopic (exact) mass is 379 g/mol. The minimum Gasteiger partial charge on any atom is -0.379 e. The molecule has 0 bridgehead atoms. The molecular formula is C17H22BrN3O2. The van der Waals surface area contributed by atoms with E-state index in [4.69, 9.17) is 4.74 Å². The summed E-state index contributed by atoms with van der Waals surface area (Å²) in [6.07, 6.45) is 2.09. The highest BCUT2D eigenvalue weighted by Crippen LogP contribution is 2.20. The van der Waals surface area contributed by atoms with E-state index >= 15 is 0 Å². The Bertz CT molecular complexity index is 665. The van der Waals surface area contributed by atoms with Gasteiger partial charge in [-0.05, 0) is 43.7 Å². The number of hydrogen-bond acceptors (Lipinski definition) is 3. The first-order valence-electron chi connectivity index (χ1n) is 8.09. The molecule has 0 radical (unpaired) electrons. The van der Waals surface area contributed by atoms with Crippen molar-refractivity contribution in [2.75, 3.05) is 39.4 Å². The summed E-state index contributed by atoms with van der Waals surface area (Å²) in [6, 6.07) is 7.83. The van der Waals surface area contributed by atoms with Crippen LogP contribution in [0.25, 0.3) is 10.9 Å². The van der Waals surface area contributed by atoms with Crippen molar-refractivity contribution >= 4 is 32.7 Å². The number of hydrogen-bond donors (Lipinski definition) is 2. The van der Waals surface area contributed by atoms with E-state index in [-0.39, 0.29) is 5.91 Å². The maximum Gasteiger partial charge on any atom is 0.267 e. The Balaban J connectivity index is 1.41.